The minimum atomic E-state index is -0.949. The van der Waals surface area contributed by atoms with Gasteiger partial charge in [-0.05, 0) is 56.0 Å². The lowest BCUT2D eigenvalue weighted by molar-refractivity contribution is -0.134. The summed E-state index contributed by atoms with van der Waals surface area (Å²) in [5.41, 5.74) is 2.78. The Morgan fingerprint density at radius 3 is 2.48 bits per heavy atom. The molecule has 130 valence electrons. The van der Waals surface area contributed by atoms with Crippen molar-refractivity contribution in [1.29, 1.82) is 0 Å². The van der Waals surface area contributed by atoms with Gasteiger partial charge < -0.3 is 10.6 Å². The molecule has 1 aliphatic carbocycles. The predicted octanol–water partition coefficient (Wildman–Crippen LogP) is 3.99. The molecule has 4 nitrogen and oxygen atoms in total. The fourth-order valence-electron chi connectivity index (χ4n) is 2.87. The van der Waals surface area contributed by atoms with Gasteiger partial charge in [-0.3, -0.25) is 9.59 Å². The molecular formula is C20H21ClN2O2. The van der Waals surface area contributed by atoms with E-state index in [1.54, 1.807) is 18.2 Å². The highest BCUT2D eigenvalue weighted by molar-refractivity contribution is 6.30. The number of carbonyl (C=O) groups is 2. The van der Waals surface area contributed by atoms with Gasteiger partial charge in [-0.15, -0.1) is 0 Å². The van der Waals surface area contributed by atoms with Crippen molar-refractivity contribution in [3.63, 3.8) is 0 Å². The molecule has 2 aromatic rings. The largest absolute Gasteiger partial charge is 0.351 e. The average molecular weight is 357 g/mol. The molecule has 0 aromatic heterocycles. The quantitative estimate of drug-likeness (QED) is 0.796. The van der Waals surface area contributed by atoms with Crippen LogP contribution in [0.2, 0.25) is 5.02 Å². The molecule has 0 spiro atoms. The predicted molar refractivity (Wildman–Crippen MR) is 99.5 cm³/mol. The van der Waals surface area contributed by atoms with E-state index in [2.05, 4.69) is 10.6 Å². The van der Waals surface area contributed by atoms with Crippen molar-refractivity contribution in [2.45, 2.75) is 33.2 Å². The SMILES string of the molecule is Cc1cccc(CNC(=O)C2(C(=O)Nc3ccc(Cl)cc3C)CC2)c1. The zero-order valence-electron chi connectivity index (χ0n) is 14.4. The summed E-state index contributed by atoms with van der Waals surface area (Å²) in [5.74, 6) is -0.460. The number of anilines is 1. The summed E-state index contributed by atoms with van der Waals surface area (Å²) < 4.78 is 0. The molecule has 2 amide bonds. The Bertz CT molecular complexity index is 828. The van der Waals surface area contributed by atoms with Crippen molar-refractivity contribution in [1.82, 2.24) is 5.32 Å². The fourth-order valence-corrected chi connectivity index (χ4v) is 3.09. The van der Waals surface area contributed by atoms with Crippen LogP contribution >= 0.6 is 11.6 Å². The number of rotatable bonds is 5. The molecule has 1 aliphatic rings. The Balaban J connectivity index is 1.64. The van der Waals surface area contributed by atoms with Gasteiger partial charge >= 0.3 is 0 Å². The minimum absolute atomic E-state index is 0.210. The van der Waals surface area contributed by atoms with Gasteiger partial charge in [-0.1, -0.05) is 41.4 Å². The van der Waals surface area contributed by atoms with Crippen LogP contribution in [0.15, 0.2) is 42.5 Å². The van der Waals surface area contributed by atoms with E-state index in [9.17, 15) is 9.59 Å². The standard InChI is InChI=1S/C20H21ClN2O2/c1-13-4-3-5-15(10-13)12-22-18(24)20(8-9-20)19(25)23-17-7-6-16(21)11-14(17)2/h3-7,10-11H,8-9,12H2,1-2H3,(H,22,24)(H,23,25). The van der Waals surface area contributed by atoms with E-state index in [1.807, 2.05) is 38.1 Å². The van der Waals surface area contributed by atoms with E-state index < -0.39 is 5.41 Å². The highest BCUT2D eigenvalue weighted by Crippen LogP contribution is 2.47. The molecule has 1 saturated carbocycles. The first-order valence-electron chi connectivity index (χ1n) is 8.32. The van der Waals surface area contributed by atoms with E-state index in [0.717, 1.165) is 16.7 Å². The molecule has 3 rings (SSSR count). The van der Waals surface area contributed by atoms with Gasteiger partial charge in [0, 0.05) is 17.3 Å². The second kappa shape index (κ2) is 6.89. The summed E-state index contributed by atoms with van der Waals surface area (Å²) >= 11 is 5.94. The first-order valence-corrected chi connectivity index (χ1v) is 8.70. The second-order valence-electron chi connectivity index (χ2n) is 6.67. The number of halogens is 1. The molecule has 2 N–H and O–H groups in total. The summed E-state index contributed by atoms with van der Waals surface area (Å²) in [4.78, 5) is 25.2. The average Bonchev–Trinajstić information content (AvgIpc) is 3.37. The van der Waals surface area contributed by atoms with Gasteiger partial charge in [-0.25, -0.2) is 0 Å². The summed E-state index contributed by atoms with van der Waals surface area (Å²) in [6, 6.07) is 13.2. The summed E-state index contributed by atoms with van der Waals surface area (Å²) in [5, 5.41) is 6.39. The Kier molecular flexibility index (Phi) is 4.82. The van der Waals surface area contributed by atoms with Crippen LogP contribution in [0.3, 0.4) is 0 Å². The third kappa shape index (κ3) is 3.85. The van der Waals surface area contributed by atoms with Gasteiger partial charge in [0.1, 0.15) is 5.41 Å². The zero-order valence-corrected chi connectivity index (χ0v) is 15.1. The van der Waals surface area contributed by atoms with E-state index in [4.69, 9.17) is 11.6 Å². The first-order chi connectivity index (χ1) is 11.9. The number of nitrogens with one attached hydrogen (secondary N) is 2. The first kappa shape index (κ1) is 17.5. The van der Waals surface area contributed by atoms with Crippen molar-refractivity contribution in [3.8, 4) is 0 Å². The van der Waals surface area contributed by atoms with Crippen LogP contribution in [0.5, 0.6) is 0 Å². The maximum Gasteiger partial charge on any atom is 0.240 e. The van der Waals surface area contributed by atoms with Crippen molar-refractivity contribution in [2.75, 3.05) is 5.32 Å². The number of hydrogen-bond acceptors (Lipinski definition) is 2. The summed E-state index contributed by atoms with van der Waals surface area (Å²) in [6.45, 7) is 4.31. The topological polar surface area (TPSA) is 58.2 Å². The molecule has 0 saturated heterocycles. The Morgan fingerprint density at radius 1 is 1.08 bits per heavy atom. The van der Waals surface area contributed by atoms with Crippen molar-refractivity contribution in [3.05, 3.63) is 64.2 Å². The van der Waals surface area contributed by atoms with Crippen LogP contribution in [-0.2, 0) is 16.1 Å². The van der Waals surface area contributed by atoms with Gasteiger partial charge in [0.2, 0.25) is 11.8 Å². The molecule has 0 bridgehead atoms. The molecule has 0 unspecified atom stereocenters. The Morgan fingerprint density at radius 2 is 1.84 bits per heavy atom. The summed E-state index contributed by atoms with van der Waals surface area (Å²) in [7, 11) is 0. The maximum atomic E-state index is 12.6. The van der Waals surface area contributed by atoms with E-state index in [-0.39, 0.29) is 11.8 Å². The van der Waals surface area contributed by atoms with Gasteiger partial charge in [-0.2, -0.15) is 0 Å². The van der Waals surface area contributed by atoms with Crippen LogP contribution < -0.4 is 10.6 Å². The molecule has 0 heterocycles. The lowest BCUT2D eigenvalue weighted by atomic mass is 10.0. The van der Waals surface area contributed by atoms with E-state index >= 15 is 0 Å². The van der Waals surface area contributed by atoms with Crippen molar-refractivity contribution < 1.29 is 9.59 Å². The number of benzene rings is 2. The molecule has 0 atom stereocenters. The normalized spacial score (nSPS) is 14.7. The van der Waals surface area contributed by atoms with E-state index in [0.29, 0.717) is 30.1 Å². The Labute approximate surface area is 152 Å². The number of carbonyl (C=O) groups excluding carboxylic acids is 2. The van der Waals surface area contributed by atoms with Gasteiger partial charge in [0.15, 0.2) is 0 Å². The van der Waals surface area contributed by atoms with Gasteiger partial charge in [0.05, 0.1) is 0 Å². The Hall–Kier alpha value is -2.33. The molecule has 0 radical (unpaired) electrons. The van der Waals surface area contributed by atoms with Crippen LogP contribution in [0.25, 0.3) is 0 Å². The molecule has 5 heteroatoms. The highest BCUT2D eigenvalue weighted by Gasteiger charge is 2.56. The lowest BCUT2D eigenvalue weighted by Gasteiger charge is -2.16. The third-order valence-electron chi connectivity index (χ3n) is 4.59. The fraction of sp³-hybridized carbons (Fsp3) is 0.300. The molecule has 2 aromatic carbocycles. The van der Waals surface area contributed by atoms with Gasteiger partial charge in [0.25, 0.3) is 0 Å². The maximum absolute atomic E-state index is 12.6. The summed E-state index contributed by atoms with van der Waals surface area (Å²) in [6.07, 6.45) is 1.15. The molecule has 0 aliphatic heterocycles. The smallest absolute Gasteiger partial charge is 0.240 e. The third-order valence-corrected chi connectivity index (χ3v) is 4.83. The second-order valence-corrected chi connectivity index (χ2v) is 7.10. The minimum Gasteiger partial charge on any atom is -0.351 e. The van der Waals surface area contributed by atoms with E-state index in [1.165, 1.54) is 0 Å². The van der Waals surface area contributed by atoms with Crippen molar-refractivity contribution in [2.24, 2.45) is 5.41 Å². The number of aryl methyl sites for hydroxylation is 2. The van der Waals surface area contributed by atoms with Crippen LogP contribution in [0.1, 0.15) is 29.5 Å². The van der Waals surface area contributed by atoms with Crippen LogP contribution in [0, 0.1) is 19.3 Å². The number of hydrogen-bond donors (Lipinski definition) is 2. The van der Waals surface area contributed by atoms with Crippen LogP contribution in [-0.4, -0.2) is 11.8 Å². The molecule has 25 heavy (non-hydrogen) atoms. The number of amides is 2. The lowest BCUT2D eigenvalue weighted by Crippen LogP contribution is -2.39. The highest BCUT2D eigenvalue weighted by atomic mass is 35.5. The van der Waals surface area contributed by atoms with Crippen molar-refractivity contribution >= 4 is 29.1 Å². The van der Waals surface area contributed by atoms with Crippen LogP contribution in [0.4, 0.5) is 5.69 Å². The molecular weight excluding hydrogens is 336 g/mol. The zero-order chi connectivity index (χ0) is 18.0. The monoisotopic (exact) mass is 356 g/mol. The molecule has 1 fully saturated rings.